The van der Waals surface area contributed by atoms with Crippen LogP contribution in [0.5, 0.6) is 0 Å². The van der Waals surface area contributed by atoms with Gasteiger partial charge in [0.15, 0.2) is 0 Å². The number of methoxy groups -OCH3 is 1. The smallest absolute Gasteiger partial charge is 0.337 e. The number of ether oxygens (including phenoxy) is 1. The molecule has 2 rings (SSSR count). The molecule has 3 heteroatoms. The van der Waals surface area contributed by atoms with E-state index in [1.807, 2.05) is 24.3 Å². The summed E-state index contributed by atoms with van der Waals surface area (Å²) in [6.45, 7) is 5.56. The van der Waals surface area contributed by atoms with E-state index in [4.69, 9.17) is 4.74 Å². The van der Waals surface area contributed by atoms with E-state index in [2.05, 4.69) is 19.2 Å². The van der Waals surface area contributed by atoms with Gasteiger partial charge in [-0.2, -0.15) is 0 Å². The van der Waals surface area contributed by atoms with Gasteiger partial charge in [-0.25, -0.2) is 4.79 Å². The molecule has 1 aliphatic rings. The maximum Gasteiger partial charge on any atom is 0.337 e. The summed E-state index contributed by atoms with van der Waals surface area (Å²) in [5.74, 6) is 1.26. The second-order valence-corrected chi connectivity index (χ2v) is 5.94. The van der Waals surface area contributed by atoms with Gasteiger partial charge >= 0.3 is 5.97 Å². The van der Waals surface area contributed by atoms with E-state index in [0.29, 0.717) is 11.6 Å². The first-order valence-electron chi connectivity index (χ1n) is 7.52. The Hall–Kier alpha value is -1.35. The highest BCUT2D eigenvalue weighted by atomic mass is 16.5. The SMILES string of the molecule is COC(=O)c1ccc(CNC2CCCC(C)C2C)cc1. The monoisotopic (exact) mass is 275 g/mol. The fraction of sp³-hybridized carbons (Fsp3) is 0.588. The number of esters is 1. The summed E-state index contributed by atoms with van der Waals surface area (Å²) in [6, 6.07) is 8.26. The van der Waals surface area contributed by atoms with Crippen molar-refractivity contribution >= 4 is 5.97 Å². The average Bonchev–Trinajstić information content (AvgIpc) is 2.48. The van der Waals surface area contributed by atoms with E-state index in [1.165, 1.54) is 31.9 Å². The van der Waals surface area contributed by atoms with Crippen LogP contribution in [-0.2, 0) is 11.3 Å². The third kappa shape index (κ3) is 3.60. The summed E-state index contributed by atoms with van der Waals surface area (Å²) in [5.41, 5.74) is 1.82. The highest BCUT2D eigenvalue weighted by Crippen LogP contribution is 2.29. The zero-order chi connectivity index (χ0) is 14.5. The Morgan fingerprint density at radius 3 is 2.60 bits per heavy atom. The number of carbonyl (C=O) groups excluding carboxylic acids is 1. The molecule has 0 heterocycles. The predicted molar refractivity (Wildman–Crippen MR) is 80.6 cm³/mol. The molecule has 20 heavy (non-hydrogen) atoms. The molecule has 0 saturated heterocycles. The van der Waals surface area contributed by atoms with Crippen molar-refractivity contribution in [2.45, 2.75) is 45.7 Å². The van der Waals surface area contributed by atoms with Crippen LogP contribution in [0.3, 0.4) is 0 Å². The van der Waals surface area contributed by atoms with Crippen LogP contribution in [0.4, 0.5) is 0 Å². The Bertz CT molecular complexity index is 441. The molecule has 0 spiro atoms. The van der Waals surface area contributed by atoms with Crippen LogP contribution in [0.25, 0.3) is 0 Å². The lowest BCUT2D eigenvalue weighted by Crippen LogP contribution is -2.40. The van der Waals surface area contributed by atoms with Crippen LogP contribution in [-0.4, -0.2) is 19.1 Å². The van der Waals surface area contributed by atoms with Crippen molar-refractivity contribution in [3.8, 4) is 0 Å². The molecule has 0 aliphatic heterocycles. The third-order valence-corrected chi connectivity index (χ3v) is 4.65. The summed E-state index contributed by atoms with van der Waals surface area (Å²) in [5, 5.41) is 3.66. The van der Waals surface area contributed by atoms with Gasteiger partial charge in [-0.15, -0.1) is 0 Å². The Labute approximate surface area is 121 Å². The third-order valence-electron chi connectivity index (χ3n) is 4.65. The van der Waals surface area contributed by atoms with Crippen LogP contribution in [0, 0.1) is 11.8 Å². The number of hydrogen-bond donors (Lipinski definition) is 1. The Kier molecular flexibility index (Phi) is 5.18. The first-order chi connectivity index (χ1) is 9.61. The van der Waals surface area contributed by atoms with E-state index < -0.39 is 0 Å². The summed E-state index contributed by atoms with van der Waals surface area (Å²) in [4.78, 5) is 11.4. The molecule has 0 aromatic heterocycles. The highest BCUT2D eigenvalue weighted by Gasteiger charge is 2.26. The lowest BCUT2D eigenvalue weighted by Gasteiger charge is -2.34. The molecule has 0 amide bonds. The molecule has 3 unspecified atom stereocenters. The Balaban J connectivity index is 1.89. The standard InChI is InChI=1S/C17H25NO2/c1-12-5-4-6-16(13(12)2)18-11-14-7-9-15(10-8-14)17(19)20-3/h7-10,12-13,16,18H,4-6,11H2,1-3H3. The van der Waals surface area contributed by atoms with Crippen molar-refractivity contribution in [1.82, 2.24) is 5.32 Å². The minimum atomic E-state index is -0.278. The topological polar surface area (TPSA) is 38.3 Å². The van der Waals surface area contributed by atoms with Gasteiger partial charge in [0.05, 0.1) is 12.7 Å². The molecule has 1 saturated carbocycles. The van der Waals surface area contributed by atoms with Crippen molar-refractivity contribution < 1.29 is 9.53 Å². The van der Waals surface area contributed by atoms with E-state index in [0.717, 1.165) is 18.4 Å². The molecule has 1 aromatic carbocycles. The summed E-state index contributed by atoms with van der Waals surface area (Å²) >= 11 is 0. The van der Waals surface area contributed by atoms with Gasteiger partial charge in [-0.1, -0.05) is 38.8 Å². The Morgan fingerprint density at radius 1 is 1.25 bits per heavy atom. The molecule has 1 fully saturated rings. The molecule has 0 bridgehead atoms. The maximum absolute atomic E-state index is 11.4. The molecule has 3 atom stereocenters. The van der Waals surface area contributed by atoms with Gasteiger partial charge in [0, 0.05) is 12.6 Å². The van der Waals surface area contributed by atoms with Gasteiger partial charge in [-0.3, -0.25) is 0 Å². The van der Waals surface area contributed by atoms with E-state index in [-0.39, 0.29) is 5.97 Å². The van der Waals surface area contributed by atoms with Crippen LogP contribution in [0.2, 0.25) is 0 Å². The van der Waals surface area contributed by atoms with Crippen molar-refractivity contribution in [2.24, 2.45) is 11.8 Å². The second-order valence-electron chi connectivity index (χ2n) is 5.94. The fourth-order valence-corrected chi connectivity index (χ4v) is 3.00. The highest BCUT2D eigenvalue weighted by molar-refractivity contribution is 5.89. The molecule has 1 aliphatic carbocycles. The second kappa shape index (κ2) is 6.89. The van der Waals surface area contributed by atoms with Crippen LogP contribution < -0.4 is 5.32 Å². The van der Waals surface area contributed by atoms with Crippen LogP contribution >= 0.6 is 0 Å². The number of carbonyl (C=O) groups is 1. The fourth-order valence-electron chi connectivity index (χ4n) is 3.00. The molecule has 110 valence electrons. The van der Waals surface area contributed by atoms with Gasteiger partial charge in [-0.05, 0) is 36.0 Å². The molecule has 3 nitrogen and oxygen atoms in total. The van der Waals surface area contributed by atoms with E-state index in [9.17, 15) is 4.79 Å². The quantitative estimate of drug-likeness (QED) is 0.856. The van der Waals surface area contributed by atoms with Crippen molar-refractivity contribution in [3.63, 3.8) is 0 Å². The molecule has 1 N–H and O–H groups in total. The minimum absolute atomic E-state index is 0.278. The number of nitrogens with one attached hydrogen (secondary N) is 1. The normalized spacial score (nSPS) is 26.2. The van der Waals surface area contributed by atoms with Crippen molar-refractivity contribution in [1.29, 1.82) is 0 Å². The number of hydrogen-bond acceptors (Lipinski definition) is 3. The average molecular weight is 275 g/mol. The first-order valence-corrected chi connectivity index (χ1v) is 7.52. The van der Waals surface area contributed by atoms with Crippen molar-refractivity contribution in [3.05, 3.63) is 35.4 Å². The predicted octanol–water partition coefficient (Wildman–Crippen LogP) is 3.39. The summed E-state index contributed by atoms with van der Waals surface area (Å²) < 4.78 is 4.70. The molecular formula is C17H25NO2. The first kappa shape index (κ1) is 15.0. The lowest BCUT2D eigenvalue weighted by molar-refractivity contribution is 0.0600. The van der Waals surface area contributed by atoms with Crippen LogP contribution in [0.1, 0.15) is 49.0 Å². The molecule has 1 aromatic rings. The maximum atomic E-state index is 11.4. The van der Waals surface area contributed by atoms with Gasteiger partial charge < -0.3 is 10.1 Å². The zero-order valence-electron chi connectivity index (χ0n) is 12.7. The zero-order valence-corrected chi connectivity index (χ0v) is 12.7. The van der Waals surface area contributed by atoms with Crippen LogP contribution in [0.15, 0.2) is 24.3 Å². The van der Waals surface area contributed by atoms with E-state index >= 15 is 0 Å². The largest absolute Gasteiger partial charge is 0.465 e. The molecule has 0 radical (unpaired) electrons. The number of benzene rings is 1. The Morgan fingerprint density at radius 2 is 1.95 bits per heavy atom. The van der Waals surface area contributed by atoms with Gasteiger partial charge in [0.1, 0.15) is 0 Å². The van der Waals surface area contributed by atoms with Crippen molar-refractivity contribution in [2.75, 3.05) is 7.11 Å². The summed E-state index contributed by atoms with van der Waals surface area (Å²) in [6.07, 6.45) is 3.95. The lowest BCUT2D eigenvalue weighted by atomic mass is 9.78. The van der Waals surface area contributed by atoms with Gasteiger partial charge in [0.25, 0.3) is 0 Å². The summed E-state index contributed by atoms with van der Waals surface area (Å²) in [7, 11) is 1.41. The number of rotatable bonds is 4. The van der Waals surface area contributed by atoms with Gasteiger partial charge in [0.2, 0.25) is 0 Å². The molecular weight excluding hydrogens is 250 g/mol. The minimum Gasteiger partial charge on any atom is -0.465 e. The van der Waals surface area contributed by atoms with E-state index in [1.54, 1.807) is 0 Å².